The number of benzene rings is 1. The Kier molecular flexibility index (Phi) is 4.77. The van der Waals surface area contributed by atoms with Gasteiger partial charge in [0.25, 0.3) is 5.91 Å². The molecule has 1 aliphatic rings. The first kappa shape index (κ1) is 16.0. The van der Waals surface area contributed by atoms with Crippen LogP contribution in [0.2, 0.25) is 0 Å². The molecule has 0 aliphatic carbocycles. The number of amides is 1. The van der Waals surface area contributed by atoms with Crippen molar-refractivity contribution >= 4 is 24.3 Å². The summed E-state index contributed by atoms with van der Waals surface area (Å²) in [5.41, 5.74) is 1.04. The zero-order chi connectivity index (χ0) is 14.8. The Balaban J connectivity index is 0.00000176. The number of carbonyl (C=O) groups excluding carboxylic acids is 1. The van der Waals surface area contributed by atoms with E-state index in [1.165, 1.54) is 9.58 Å². The minimum Gasteiger partial charge on any atom is -0.481 e. The van der Waals surface area contributed by atoms with E-state index in [-0.39, 0.29) is 30.6 Å². The summed E-state index contributed by atoms with van der Waals surface area (Å²) in [6, 6.07) is 9.36. The molecule has 1 aliphatic heterocycles. The number of hydrogen-bond acceptors (Lipinski definition) is 4. The lowest BCUT2D eigenvalue weighted by Gasteiger charge is -2.13. The summed E-state index contributed by atoms with van der Waals surface area (Å²) in [6.07, 6.45) is 2.04. The second-order valence-corrected chi connectivity index (χ2v) is 4.96. The first-order valence-corrected chi connectivity index (χ1v) is 6.65. The molecule has 0 spiro atoms. The maximum atomic E-state index is 12.3. The molecule has 1 saturated heterocycles. The van der Waals surface area contributed by atoms with E-state index in [9.17, 15) is 9.59 Å². The van der Waals surface area contributed by atoms with Gasteiger partial charge in [0, 0.05) is 13.1 Å². The molecule has 0 radical (unpaired) electrons. The van der Waals surface area contributed by atoms with E-state index >= 15 is 0 Å². The smallest absolute Gasteiger partial charge is 0.308 e. The number of carboxylic acids is 1. The number of aliphatic carboxylic acids is 1. The molecular formula is C14H15ClN4O3. The van der Waals surface area contributed by atoms with E-state index in [1.54, 1.807) is 6.20 Å². The van der Waals surface area contributed by atoms with Gasteiger partial charge in [-0.1, -0.05) is 23.4 Å². The second kappa shape index (κ2) is 6.57. The Hall–Kier alpha value is -2.41. The van der Waals surface area contributed by atoms with E-state index < -0.39 is 11.9 Å². The number of likely N-dealkylation sites (tertiary alicyclic amines) is 1. The minimum atomic E-state index is -0.863. The van der Waals surface area contributed by atoms with Crippen LogP contribution in [0.15, 0.2) is 36.5 Å². The van der Waals surface area contributed by atoms with Crippen molar-refractivity contribution in [3.63, 3.8) is 0 Å². The van der Waals surface area contributed by atoms with E-state index in [1.807, 2.05) is 30.3 Å². The van der Waals surface area contributed by atoms with Gasteiger partial charge in [0.1, 0.15) is 0 Å². The SMILES string of the molecule is Cl.O=C(O)C1CCN(C(=O)c2cn(-c3ccccc3)nn2)C1. The number of carboxylic acid groups (broad SMARTS) is 1. The number of para-hydroxylation sites is 1. The first-order chi connectivity index (χ1) is 10.1. The van der Waals surface area contributed by atoms with Gasteiger partial charge in [-0.2, -0.15) is 0 Å². The van der Waals surface area contributed by atoms with E-state index in [0.29, 0.717) is 13.0 Å². The van der Waals surface area contributed by atoms with Gasteiger partial charge in [-0.15, -0.1) is 17.5 Å². The number of halogens is 1. The highest BCUT2D eigenvalue weighted by Gasteiger charge is 2.32. The fraction of sp³-hybridized carbons (Fsp3) is 0.286. The molecule has 0 saturated carbocycles. The lowest BCUT2D eigenvalue weighted by atomic mass is 10.1. The molecule has 2 heterocycles. The predicted octanol–water partition coefficient (Wildman–Crippen LogP) is 1.24. The fourth-order valence-electron chi connectivity index (χ4n) is 2.38. The summed E-state index contributed by atoms with van der Waals surface area (Å²) in [5, 5.41) is 16.8. The number of nitrogens with zero attached hydrogens (tertiary/aromatic N) is 4. The highest BCUT2D eigenvalue weighted by molar-refractivity contribution is 5.92. The lowest BCUT2D eigenvalue weighted by Crippen LogP contribution is -2.30. The van der Waals surface area contributed by atoms with Crippen molar-refractivity contribution in [2.45, 2.75) is 6.42 Å². The molecule has 0 bridgehead atoms. The zero-order valence-electron chi connectivity index (χ0n) is 11.6. The number of rotatable bonds is 3. The van der Waals surface area contributed by atoms with Gasteiger partial charge in [-0.3, -0.25) is 9.59 Å². The molecule has 1 fully saturated rings. The number of carbonyl (C=O) groups is 2. The quantitative estimate of drug-likeness (QED) is 0.918. The molecule has 2 aromatic rings. The molecule has 1 amide bonds. The van der Waals surface area contributed by atoms with Crippen LogP contribution in [-0.4, -0.2) is 50.0 Å². The molecule has 1 N–H and O–H groups in total. The van der Waals surface area contributed by atoms with Crippen LogP contribution in [0.25, 0.3) is 5.69 Å². The van der Waals surface area contributed by atoms with Crippen molar-refractivity contribution < 1.29 is 14.7 Å². The van der Waals surface area contributed by atoms with E-state index in [4.69, 9.17) is 5.11 Å². The van der Waals surface area contributed by atoms with Crippen LogP contribution < -0.4 is 0 Å². The molecule has 116 valence electrons. The van der Waals surface area contributed by atoms with Crippen LogP contribution in [-0.2, 0) is 4.79 Å². The van der Waals surface area contributed by atoms with Crippen LogP contribution in [0, 0.1) is 5.92 Å². The number of hydrogen-bond donors (Lipinski definition) is 1. The average Bonchev–Trinajstić information content (AvgIpc) is 3.17. The summed E-state index contributed by atoms with van der Waals surface area (Å²) < 4.78 is 1.53. The normalized spacial score (nSPS) is 17.1. The average molecular weight is 323 g/mol. The molecule has 1 aromatic heterocycles. The lowest BCUT2D eigenvalue weighted by molar-refractivity contribution is -0.141. The van der Waals surface area contributed by atoms with E-state index in [2.05, 4.69) is 10.3 Å². The van der Waals surface area contributed by atoms with Crippen LogP contribution in [0.4, 0.5) is 0 Å². The van der Waals surface area contributed by atoms with Crippen molar-refractivity contribution in [2.75, 3.05) is 13.1 Å². The van der Waals surface area contributed by atoms with Crippen molar-refractivity contribution in [1.29, 1.82) is 0 Å². The third kappa shape index (κ3) is 3.09. The molecule has 3 rings (SSSR count). The van der Waals surface area contributed by atoms with Crippen molar-refractivity contribution in [1.82, 2.24) is 19.9 Å². The molecular weight excluding hydrogens is 308 g/mol. The predicted molar refractivity (Wildman–Crippen MR) is 80.3 cm³/mol. The Labute approximate surface area is 132 Å². The standard InChI is InChI=1S/C14H14N4O3.ClH/c19-13(17-7-6-10(8-17)14(20)21)12-9-18(16-15-12)11-4-2-1-3-5-11;/h1-5,9-10H,6-8H2,(H,20,21);1H. The summed E-state index contributed by atoms with van der Waals surface area (Å²) in [4.78, 5) is 24.7. The molecule has 1 aromatic carbocycles. The van der Waals surface area contributed by atoms with Crippen molar-refractivity contribution in [3.8, 4) is 5.69 Å². The van der Waals surface area contributed by atoms with E-state index in [0.717, 1.165) is 5.69 Å². The van der Waals surface area contributed by atoms with Gasteiger partial charge >= 0.3 is 5.97 Å². The van der Waals surface area contributed by atoms with Gasteiger partial charge in [-0.05, 0) is 18.6 Å². The fourth-order valence-corrected chi connectivity index (χ4v) is 2.38. The van der Waals surface area contributed by atoms with Gasteiger partial charge in [0.05, 0.1) is 17.8 Å². The third-order valence-corrected chi connectivity index (χ3v) is 3.56. The number of aromatic nitrogens is 3. The summed E-state index contributed by atoms with van der Waals surface area (Å²) in [5.74, 6) is -1.63. The van der Waals surface area contributed by atoms with Crippen LogP contribution in [0.3, 0.4) is 0 Å². The van der Waals surface area contributed by atoms with Gasteiger partial charge in [0.15, 0.2) is 5.69 Å². The molecule has 7 nitrogen and oxygen atoms in total. The minimum absolute atomic E-state index is 0. The Bertz CT molecular complexity index is 674. The van der Waals surface area contributed by atoms with Crippen LogP contribution >= 0.6 is 12.4 Å². The summed E-state index contributed by atoms with van der Waals surface area (Å²) in [6.45, 7) is 0.667. The monoisotopic (exact) mass is 322 g/mol. The Morgan fingerprint density at radius 1 is 1.23 bits per heavy atom. The van der Waals surface area contributed by atoms with Crippen LogP contribution in [0.1, 0.15) is 16.9 Å². The third-order valence-electron chi connectivity index (χ3n) is 3.56. The topological polar surface area (TPSA) is 88.3 Å². The Morgan fingerprint density at radius 2 is 1.95 bits per heavy atom. The zero-order valence-corrected chi connectivity index (χ0v) is 12.4. The molecule has 1 atom stereocenters. The van der Waals surface area contributed by atoms with Crippen molar-refractivity contribution in [2.24, 2.45) is 5.92 Å². The van der Waals surface area contributed by atoms with Crippen molar-refractivity contribution in [3.05, 3.63) is 42.2 Å². The highest BCUT2D eigenvalue weighted by atomic mass is 35.5. The van der Waals surface area contributed by atoms with Gasteiger partial charge in [-0.25, -0.2) is 4.68 Å². The largest absolute Gasteiger partial charge is 0.481 e. The first-order valence-electron chi connectivity index (χ1n) is 6.65. The van der Waals surface area contributed by atoms with Crippen LogP contribution in [0.5, 0.6) is 0 Å². The molecule has 8 heteroatoms. The maximum absolute atomic E-state index is 12.3. The molecule has 22 heavy (non-hydrogen) atoms. The second-order valence-electron chi connectivity index (χ2n) is 4.96. The highest BCUT2D eigenvalue weighted by Crippen LogP contribution is 2.18. The maximum Gasteiger partial charge on any atom is 0.308 e. The van der Waals surface area contributed by atoms with Gasteiger partial charge in [0.2, 0.25) is 0 Å². The summed E-state index contributed by atoms with van der Waals surface area (Å²) >= 11 is 0. The summed E-state index contributed by atoms with van der Waals surface area (Å²) in [7, 11) is 0. The van der Waals surface area contributed by atoms with Gasteiger partial charge < -0.3 is 10.0 Å². The Morgan fingerprint density at radius 3 is 2.59 bits per heavy atom. The molecule has 1 unspecified atom stereocenters.